The van der Waals surface area contributed by atoms with Gasteiger partial charge in [0.2, 0.25) is 11.8 Å². The Morgan fingerprint density at radius 3 is 2.76 bits per heavy atom. The monoisotopic (exact) mass is 393 g/mol. The Morgan fingerprint density at radius 2 is 2.00 bits per heavy atom. The van der Waals surface area contributed by atoms with Crippen LogP contribution in [-0.4, -0.2) is 57.4 Å². The summed E-state index contributed by atoms with van der Waals surface area (Å²) in [5.41, 5.74) is 1.48. The Kier molecular flexibility index (Phi) is 5.64. The highest BCUT2D eigenvalue weighted by Gasteiger charge is 2.22. The molecule has 9 nitrogen and oxygen atoms in total. The van der Waals surface area contributed by atoms with E-state index in [1.165, 1.54) is 0 Å². The predicted molar refractivity (Wildman–Crippen MR) is 107 cm³/mol. The summed E-state index contributed by atoms with van der Waals surface area (Å²) in [5, 5.41) is 10.7. The zero-order chi connectivity index (χ0) is 20.1. The number of hydrogen-bond donors (Lipinski definition) is 1. The zero-order valence-corrected chi connectivity index (χ0v) is 16.2. The lowest BCUT2D eigenvalue weighted by Gasteiger charge is -2.32. The summed E-state index contributed by atoms with van der Waals surface area (Å²) in [6.45, 7) is 2.37. The third kappa shape index (κ3) is 4.50. The van der Waals surface area contributed by atoms with Gasteiger partial charge >= 0.3 is 0 Å². The number of nitrogens with one attached hydrogen (secondary N) is 1. The van der Waals surface area contributed by atoms with Crippen LogP contribution < -0.4 is 15.0 Å². The molecule has 0 bridgehead atoms. The number of piperidine rings is 1. The molecule has 0 unspecified atom stereocenters. The number of anilines is 1. The third-order valence-corrected chi connectivity index (χ3v) is 5.10. The molecule has 0 saturated carbocycles. The largest absolute Gasteiger partial charge is 0.481 e. The van der Waals surface area contributed by atoms with E-state index in [4.69, 9.17) is 4.74 Å². The Bertz CT molecular complexity index is 953. The van der Waals surface area contributed by atoms with Crippen LogP contribution in [0.25, 0.3) is 5.69 Å². The third-order valence-electron chi connectivity index (χ3n) is 5.10. The number of ether oxygens (including phenoxy) is 1. The molecule has 3 heterocycles. The van der Waals surface area contributed by atoms with Crippen LogP contribution in [0.15, 0.2) is 49.2 Å². The van der Waals surface area contributed by atoms with E-state index in [-0.39, 0.29) is 5.91 Å². The molecule has 3 aromatic rings. The average Bonchev–Trinajstić information content (AvgIpc) is 3.33. The standard InChI is InChI=1S/C20H23N7O2/c1-29-18-5-8-21-20(25-18)26-9-6-15(7-10-26)12-22-19(28)16-3-2-4-17(11-16)27-13-23-24-14-27/h2-5,8,11,13-15H,6-7,9-10,12H2,1H3,(H,22,28). The zero-order valence-electron chi connectivity index (χ0n) is 16.2. The lowest BCUT2D eigenvalue weighted by molar-refractivity contribution is 0.0945. The van der Waals surface area contributed by atoms with Crippen molar-refractivity contribution < 1.29 is 9.53 Å². The van der Waals surface area contributed by atoms with E-state index in [0.717, 1.165) is 31.6 Å². The van der Waals surface area contributed by atoms with Crippen LogP contribution in [0.2, 0.25) is 0 Å². The molecule has 9 heteroatoms. The molecule has 150 valence electrons. The van der Waals surface area contributed by atoms with Crippen LogP contribution in [0.3, 0.4) is 0 Å². The number of carbonyl (C=O) groups is 1. The number of rotatable bonds is 6. The number of hydrogen-bond acceptors (Lipinski definition) is 7. The number of benzene rings is 1. The van der Waals surface area contributed by atoms with Gasteiger partial charge in [0.1, 0.15) is 12.7 Å². The van der Waals surface area contributed by atoms with Gasteiger partial charge in [-0.15, -0.1) is 10.2 Å². The first-order valence-corrected chi connectivity index (χ1v) is 9.58. The number of nitrogens with zero attached hydrogens (tertiary/aromatic N) is 6. The topological polar surface area (TPSA) is 98.1 Å². The van der Waals surface area contributed by atoms with Crippen LogP contribution in [-0.2, 0) is 0 Å². The maximum atomic E-state index is 12.6. The van der Waals surface area contributed by atoms with Gasteiger partial charge in [-0.25, -0.2) is 4.98 Å². The van der Waals surface area contributed by atoms with Gasteiger partial charge in [0, 0.05) is 43.1 Å². The summed E-state index contributed by atoms with van der Waals surface area (Å²) < 4.78 is 6.94. The van der Waals surface area contributed by atoms with Gasteiger partial charge in [-0.2, -0.15) is 4.98 Å². The fourth-order valence-corrected chi connectivity index (χ4v) is 3.42. The first kappa shape index (κ1) is 18.9. The molecule has 1 aliphatic rings. The Balaban J connectivity index is 1.29. The van der Waals surface area contributed by atoms with Crippen molar-refractivity contribution >= 4 is 11.9 Å². The highest BCUT2D eigenvalue weighted by molar-refractivity contribution is 5.94. The lowest BCUT2D eigenvalue weighted by Crippen LogP contribution is -2.39. The minimum atomic E-state index is -0.0708. The van der Waals surface area contributed by atoms with Gasteiger partial charge < -0.3 is 15.0 Å². The fraction of sp³-hybridized carbons (Fsp3) is 0.350. The first-order valence-electron chi connectivity index (χ1n) is 9.58. The van der Waals surface area contributed by atoms with Crippen molar-refractivity contribution in [1.29, 1.82) is 0 Å². The second kappa shape index (κ2) is 8.68. The van der Waals surface area contributed by atoms with E-state index in [0.29, 0.717) is 29.9 Å². The Labute approximate surface area is 168 Å². The molecule has 1 fully saturated rings. The van der Waals surface area contributed by atoms with Crippen molar-refractivity contribution in [3.63, 3.8) is 0 Å². The molecule has 1 aliphatic heterocycles. The predicted octanol–water partition coefficient (Wildman–Crippen LogP) is 1.71. The number of amides is 1. The molecule has 1 saturated heterocycles. The molecular formula is C20H23N7O2. The molecule has 4 rings (SSSR count). The fourth-order valence-electron chi connectivity index (χ4n) is 3.42. The van der Waals surface area contributed by atoms with Crippen molar-refractivity contribution in [2.45, 2.75) is 12.8 Å². The Hall–Kier alpha value is -3.49. The van der Waals surface area contributed by atoms with E-state index < -0.39 is 0 Å². The molecule has 0 spiro atoms. The molecule has 29 heavy (non-hydrogen) atoms. The Morgan fingerprint density at radius 1 is 1.21 bits per heavy atom. The van der Waals surface area contributed by atoms with Gasteiger partial charge in [-0.3, -0.25) is 9.36 Å². The minimum Gasteiger partial charge on any atom is -0.481 e. The van der Waals surface area contributed by atoms with Gasteiger partial charge in [-0.1, -0.05) is 6.07 Å². The number of aromatic nitrogens is 5. The average molecular weight is 393 g/mol. The van der Waals surface area contributed by atoms with Crippen molar-refractivity contribution in [3.05, 3.63) is 54.7 Å². The normalized spacial score (nSPS) is 14.6. The van der Waals surface area contributed by atoms with Crippen molar-refractivity contribution in [1.82, 2.24) is 30.0 Å². The van der Waals surface area contributed by atoms with E-state index in [2.05, 4.69) is 30.4 Å². The van der Waals surface area contributed by atoms with Crippen LogP contribution in [0, 0.1) is 5.92 Å². The van der Waals surface area contributed by atoms with E-state index >= 15 is 0 Å². The van der Waals surface area contributed by atoms with Crippen LogP contribution in [0.5, 0.6) is 5.88 Å². The maximum absolute atomic E-state index is 12.6. The highest BCUT2D eigenvalue weighted by atomic mass is 16.5. The summed E-state index contributed by atoms with van der Waals surface area (Å²) in [4.78, 5) is 23.5. The summed E-state index contributed by atoms with van der Waals surface area (Å²) in [6.07, 6.45) is 6.87. The molecule has 1 amide bonds. The van der Waals surface area contributed by atoms with Crippen molar-refractivity contribution in [2.24, 2.45) is 5.92 Å². The SMILES string of the molecule is COc1ccnc(N2CCC(CNC(=O)c3cccc(-n4cnnc4)c3)CC2)n1. The summed E-state index contributed by atoms with van der Waals surface area (Å²) in [5.74, 6) is 1.62. The van der Waals surface area contributed by atoms with Crippen LogP contribution in [0.4, 0.5) is 5.95 Å². The van der Waals surface area contributed by atoms with Gasteiger partial charge in [0.15, 0.2) is 0 Å². The van der Waals surface area contributed by atoms with Crippen molar-refractivity contribution in [3.8, 4) is 11.6 Å². The van der Waals surface area contributed by atoms with Gasteiger partial charge in [0.25, 0.3) is 5.91 Å². The van der Waals surface area contributed by atoms with Crippen molar-refractivity contribution in [2.75, 3.05) is 31.6 Å². The van der Waals surface area contributed by atoms with E-state index in [1.807, 2.05) is 24.3 Å². The summed E-state index contributed by atoms with van der Waals surface area (Å²) in [7, 11) is 1.60. The molecule has 2 aromatic heterocycles. The summed E-state index contributed by atoms with van der Waals surface area (Å²) in [6, 6.07) is 9.16. The quantitative estimate of drug-likeness (QED) is 0.681. The van der Waals surface area contributed by atoms with Crippen LogP contribution in [0.1, 0.15) is 23.2 Å². The molecule has 0 radical (unpaired) electrons. The lowest BCUT2D eigenvalue weighted by atomic mass is 9.97. The molecule has 1 N–H and O–H groups in total. The molecular weight excluding hydrogens is 370 g/mol. The number of carbonyl (C=O) groups excluding carboxylic acids is 1. The van der Waals surface area contributed by atoms with E-state index in [9.17, 15) is 4.79 Å². The minimum absolute atomic E-state index is 0.0708. The second-order valence-corrected chi connectivity index (χ2v) is 6.96. The molecule has 1 aromatic carbocycles. The van der Waals surface area contributed by atoms with E-state index in [1.54, 1.807) is 36.6 Å². The first-order chi connectivity index (χ1) is 14.2. The smallest absolute Gasteiger partial charge is 0.251 e. The number of methoxy groups -OCH3 is 1. The van der Waals surface area contributed by atoms with Gasteiger partial charge in [-0.05, 0) is 37.0 Å². The summed E-state index contributed by atoms with van der Waals surface area (Å²) >= 11 is 0. The molecule has 0 atom stereocenters. The maximum Gasteiger partial charge on any atom is 0.251 e. The van der Waals surface area contributed by atoms with Crippen LogP contribution >= 0.6 is 0 Å². The second-order valence-electron chi connectivity index (χ2n) is 6.96. The molecule has 0 aliphatic carbocycles. The van der Waals surface area contributed by atoms with Gasteiger partial charge in [0.05, 0.1) is 7.11 Å². The highest BCUT2D eigenvalue weighted by Crippen LogP contribution is 2.21.